The molecular weight excluding hydrogens is 651 g/mol. The monoisotopic (exact) mass is 684 g/mol. The summed E-state index contributed by atoms with van der Waals surface area (Å²) in [6, 6.07) is 6.23. The van der Waals surface area contributed by atoms with Crippen LogP contribution in [0.2, 0.25) is 0 Å². The summed E-state index contributed by atoms with van der Waals surface area (Å²) in [5.41, 5.74) is -1.22. The molecule has 1 aliphatic rings. The van der Waals surface area contributed by atoms with E-state index in [0.717, 1.165) is 21.4 Å². The first-order valence-electron chi connectivity index (χ1n) is 14.8. The molecule has 3 amide bonds. The van der Waals surface area contributed by atoms with Crippen LogP contribution in [0.15, 0.2) is 47.5 Å². The molecule has 2 N–H and O–H groups in total. The molecule has 48 heavy (non-hydrogen) atoms. The molecule has 2 aromatic heterocycles. The number of amides is 3. The number of hydrogen-bond donors (Lipinski definition) is 2. The van der Waals surface area contributed by atoms with E-state index >= 15 is 0 Å². The molecule has 0 spiro atoms. The maximum absolute atomic E-state index is 14.8. The van der Waals surface area contributed by atoms with Gasteiger partial charge in [0, 0.05) is 45.5 Å². The highest BCUT2D eigenvalue weighted by Crippen LogP contribution is 2.23. The average Bonchev–Trinajstić information content (AvgIpc) is 3.50. The molecule has 3 aromatic rings. The molecule has 1 atom stereocenters. The minimum atomic E-state index is -4.86. The van der Waals surface area contributed by atoms with Crippen LogP contribution in [-0.2, 0) is 29.2 Å². The van der Waals surface area contributed by atoms with Gasteiger partial charge in [0.05, 0.1) is 31.6 Å². The van der Waals surface area contributed by atoms with E-state index in [1.54, 1.807) is 11.8 Å². The Hall–Kier alpha value is -5.07. The van der Waals surface area contributed by atoms with Gasteiger partial charge >= 0.3 is 12.5 Å². The van der Waals surface area contributed by atoms with Crippen LogP contribution >= 0.6 is 0 Å². The molecular formula is C29H33F5N8O6. The number of benzene rings is 1. The molecule has 1 aromatic carbocycles. The number of alkyl halides is 4. The van der Waals surface area contributed by atoms with E-state index in [-0.39, 0.29) is 50.6 Å². The van der Waals surface area contributed by atoms with Gasteiger partial charge in [-0.25, -0.2) is 13.9 Å². The Labute approximate surface area is 270 Å². The molecule has 0 aliphatic carbocycles. The van der Waals surface area contributed by atoms with Gasteiger partial charge in [-0.3, -0.25) is 19.3 Å². The van der Waals surface area contributed by atoms with Crippen molar-refractivity contribution in [1.29, 1.82) is 0 Å². The average molecular weight is 685 g/mol. The van der Waals surface area contributed by atoms with Crippen LogP contribution in [0, 0.1) is 5.82 Å². The molecule has 1 unspecified atom stereocenters. The van der Waals surface area contributed by atoms with Crippen LogP contribution in [-0.4, -0.2) is 99.1 Å². The molecule has 1 aliphatic heterocycles. The van der Waals surface area contributed by atoms with E-state index in [0.29, 0.717) is 31.7 Å². The van der Waals surface area contributed by atoms with Crippen molar-refractivity contribution in [1.82, 2.24) is 34.7 Å². The maximum atomic E-state index is 14.8. The van der Waals surface area contributed by atoms with E-state index < -0.39 is 47.6 Å². The van der Waals surface area contributed by atoms with Crippen molar-refractivity contribution in [2.24, 2.45) is 0 Å². The van der Waals surface area contributed by atoms with Gasteiger partial charge < -0.3 is 29.6 Å². The summed E-state index contributed by atoms with van der Waals surface area (Å²) in [6.07, 6.45) is -4.68. The number of aryl methyl sites for hydroxylation is 1. The first-order valence-corrected chi connectivity index (χ1v) is 14.8. The Morgan fingerprint density at radius 2 is 1.85 bits per heavy atom. The Balaban J connectivity index is 1.21. The molecule has 3 heterocycles. The van der Waals surface area contributed by atoms with Gasteiger partial charge in [-0.2, -0.15) is 4.39 Å². The first kappa shape index (κ1) is 35.8. The minimum absolute atomic E-state index is 0.0803. The normalized spacial score (nSPS) is 14.3. The summed E-state index contributed by atoms with van der Waals surface area (Å²) in [6.45, 7) is 2.75. The topological polar surface area (TPSA) is 153 Å². The number of halogens is 5. The van der Waals surface area contributed by atoms with Crippen LogP contribution in [0.4, 0.5) is 32.4 Å². The van der Waals surface area contributed by atoms with E-state index in [4.69, 9.17) is 4.74 Å². The van der Waals surface area contributed by atoms with E-state index in [9.17, 15) is 41.1 Å². The number of carbonyl (C=O) groups excluding carboxylic acids is 3. The highest BCUT2D eigenvalue weighted by Gasteiger charge is 2.31. The zero-order valence-electron chi connectivity index (χ0n) is 25.7. The number of nitrogens with zero attached hydrogens (tertiary/aromatic N) is 6. The van der Waals surface area contributed by atoms with Crippen molar-refractivity contribution >= 4 is 23.6 Å². The number of carbonyl (C=O) groups is 3. The predicted molar refractivity (Wildman–Crippen MR) is 158 cm³/mol. The lowest BCUT2D eigenvalue weighted by molar-refractivity contribution is -0.274. The molecule has 1 saturated heterocycles. The number of hydrogen-bond acceptors (Lipinski definition) is 9. The smallest absolute Gasteiger partial charge is 0.450 e. The lowest BCUT2D eigenvalue weighted by atomic mass is 10.2. The van der Waals surface area contributed by atoms with Gasteiger partial charge in [0.1, 0.15) is 11.9 Å². The third-order valence-corrected chi connectivity index (χ3v) is 7.07. The van der Waals surface area contributed by atoms with Crippen LogP contribution in [0.1, 0.15) is 29.4 Å². The maximum Gasteiger partial charge on any atom is 0.573 e. The molecule has 14 nitrogen and oxygen atoms in total. The van der Waals surface area contributed by atoms with E-state index in [1.807, 2.05) is 0 Å². The second kappa shape index (κ2) is 16.2. The van der Waals surface area contributed by atoms with Crippen molar-refractivity contribution in [3.05, 3.63) is 70.2 Å². The number of anilines is 1. The van der Waals surface area contributed by atoms with Crippen molar-refractivity contribution in [3.8, 4) is 5.75 Å². The van der Waals surface area contributed by atoms with Gasteiger partial charge in [0.15, 0.2) is 5.69 Å². The molecule has 0 radical (unpaired) electrons. The fourth-order valence-electron chi connectivity index (χ4n) is 4.71. The first-order chi connectivity index (χ1) is 22.8. The second-order valence-electron chi connectivity index (χ2n) is 10.6. The van der Waals surface area contributed by atoms with Crippen LogP contribution in [0.25, 0.3) is 0 Å². The number of nitrogens with one attached hydrogen (secondary N) is 2. The van der Waals surface area contributed by atoms with Crippen molar-refractivity contribution in [2.75, 3.05) is 44.6 Å². The fraction of sp³-hybridized carbons (Fsp3) is 0.448. The molecule has 0 saturated carbocycles. The number of rotatable bonds is 13. The minimum Gasteiger partial charge on any atom is -0.450 e. The van der Waals surface area contributed by atoms with Crippen molar-refractivity contribution in [2.45, 2.75) is 45.5 Å². The SMILES string of the molecule is CCOC(=O)N1CCN(CC(=O)Nc2ccn(CCC(F)Cn3cc(C(=O)NCc4cccc(OC(F)(F)F)c4)nn3)c(=O)c2F)CC1. The lowest BCUT2D eigenvalue weighted by Gasteiger charge is -2.33. The highest BCUT2D eigenvalue weighted by atomic mass is 19.4. The van der Waals surface area contributed by atoms with Crippen LogP contribution < -0.4 is 20.9 Å². The molecule has 1 fully saturated rings. The third-order valence-electron chi connectivity index (χ3n) is 7.07. The number of aromatic nitrogens is 4. The Morgan fingerprint density at radius 1 is 1.10 bits per heavy atom. The molecule has 260 valence electrons. The Kier molecular flexibility index (Phi) is 12.0. The number of piperazine rings is 1. The second-order valence-corrected chi connectivity index (χ2v) is 10.6. The van der Waals surface area contributed by atoms with Crippen LogP contribution in [0.3, 0.4) is 0 Å². The summed E-state index contributed by atoms with van der Waals surface area (Å²) in [7, 11) is 0. The van der Waals surface area contributed by atoms with Gasteiger partial charge in [-0.1, -0.05) is 17.3 Å². The standard InChI is InChI=1S/C29H33F5N8O6/c1-2-47-28(46)41-12-10-39(11-13-41)18-24(43)36-22-7-9-40(27(45)25(22)31)8-6-20(30)16-42-17-23(37-38-42)26(44)35-15-19-4-3-5-21(14-19)48-29(32,33)34/h3-5,7,9,14,17,20H,2,6,8,10-13,15-16,18H2,1H3,(H,35,44)(H,36,43). The molecule has 4 rings (SSSR count). The Morgan fingerprint density at radius 3 is 2.56 bits per heavy atom. The van der Waals surface area contributed by atoms with Crippen molar-refractivity contribution < 1.29 is 45.8 Å². The van der Waals surface area contributed by atoms with Crippen molar-refractivity contribution in [3.63, 3.8) is 0 Å². The Bertz CT molecular complexity index is 1640. The summed E-state index contributed by atoms with van der Waals surface area (Å²) < 4.78 is 77.7. The summed E-state index contributed by atoms with van der Waals surface area (Å²) in [4.78, 5) is 52.5. The number of pyridine rings is 1. The van der Waals surface area contributed by atoms with Crippen LogP contribution in [0.5, 0.6) is 5.75 Å². The predicted octanol–water partition coefficient (Wildman–Crippen LogP) is 2.55. The summed E-state index contributed by atoms with van der Waals surface area (Å²) in [5.74, 6) is -2.91. The van der Waals surface area contributed by atoms with Gasteiger partial charge in [0.2, 0.25) is 11.7 Å². The summed E-state index contributed by atoms with van der Waals surface area (Å²) >= 11 is 0. The van der Waals surface area contributed by atoms with E-state index in [2.05, 4.69) is 25.7 Å². The van der Waals surface area contributed by atoms with Gasteiger partial charge in [-0.15, -0.1) is 18.3 Å². The number of ether oxygens (including phenoxy) is 2. The highest BCUT2D eigenvalue weighted by molar-refractivity contribution is 5.92. The zero-order valence-corrected chi connectivity index (χ0v) is 25.7. The fourth-order valence-corrected chi connectivity index (χ4v) is 4.71. The third kappa shape index (κ3) is 10.5. The van der Waals surface area contributed by atoms with Gasteiger partial charge in [0.25, 0.3) is 11.5 Å². The molecule has 0 bridgehead atoms. The van der Waals surface area contributed by atoms with Gasteiger partial charge in [-0.05, 0) is 37.1 Å². The quantitative estimate of drug-likeness (QED) is 0.259. The molecule has 19 heteroatoms. The lowest BCUT2D eigenvalue weighted by Crippen LogP contribution is -2.50. The van der Waals surface area contributed by atoms with E-state index in [1.165, 1.54) is 35.5 Å². The largest absolute Gasteiger partial charge is 0.573 e. The summed E-state index contributed by atoms with van der Waals surface area (Å²) in [5, 5.41) is 12.2. The zero-order chi connectivity index (χ0) is 34.8.